The van der Waals surface area contributed by atoms with Crippen LogP contribution >= 0.6 is 0 Å². The van der Waals surface area contributed by atoms with E-state index in [4.69, 9.17) is 49.4 Å². The molecule has 17 N–H and O–H groups in total. The Bertz CT molecular complexity index is 2080. The van der Waals surface area contributed by atoms with Crippen LogP contribution in [0.4, 0.5) is 0 Å². The highest BCUT2D eigenvalue weighted by atomic mass is 16.5. The van der Waals surface area contributed by atoms with E-state index >= 15 is 0 Å². The van der Waals surface area contributed by atoms with Gasteiger partial charge in [0.05, 0.1) is 127 Å². The summed E-state index contributed by atoms with van der Waals surface area (Å²) in [5.41, 5.74) is 10.6. The molecule has 1 unspecified atom stereocenters. The lowest BCUT2D eigenvalue weighted by molar-refractivity contribution is -0.128. The van der Waals surface area contributed by atoms with E-state index in [0.29, 0.717) is 63.2 Å². The average Bonchev–Trinajstić information content (AvgIpc) is 2.38. The Morgan fingerprint density at radius 2 is 0.778 bits per heavy atom. The zero-order valence-corrected chi connectivity index (χ0v) is 54.0. The van der Waals surface area contributed by atoms with Crippen molar-refractivity contribution in [3.05, 3.63) is 0 Å². The summed E-state index contributed by atoms with van der Waals surface area (Å²) in [6.07, 6.45) is 2.26. The predicted molar refractivity (Wildman–Crippen MR) is 330 cm³/mol. The van der Waals surface area contributed by atoms with Crippen LogP contribution in [0.5, 0.6) is 0 Å². The molecule has 0 spiro atoms. The van der Waals surface area contributed by atoms with Crippen molar-refractivity contribution in [2.45, 2.75) is 136 Å². The van der Waals surface area contributed by atoms with Crippen LogP contribution in [0.3, 0.4) is 0 Å². The van der Waals surface area contributed by atoms with Crippen LogP contribution in [0.2, 0.25) is 0 Å². The molecule has 34 nitrogen and oxygen atoms in total. The quantitative estimate of drug-likeness (QED) is 0.00909. The molecular formula is C56H107N15O19. The van der Waals surface area contributed by atoms with Gasteiger partial charge in [-0.2, -0.15) is 0 Å². The van der Waals surface area contributed by atoms with Crippen LogP contribution in [0, 0.1) is 0 Å². The zero-order valence-electron chi connectivity index (χ0n) is 54.0. The minimum absolute atomic E-state index is 0.0341. The van der Waals surface area contributed by atoms with E-state index in [1.54, 1.807) is 20.8 Å². The van der Waals surface area contributed by atoms with Gasteiger partial charge in [0.1, 0.15) is 26.4 Å². The van der Waals surface area contributed by atoms with Gasteiger partial charge in [-0.05, 0) is 80.6 Å². The number of carbonyl (C=O) groups excluding carboxylic acids is 9. The second-order valence-corrected chi connectivity index (χ2v) is 21.6. The van der Waals surface area contributed by atoms with E-state index in [1.165, 1.54) is 0 Å². The van der Waals surface area contributed by atoms with Gasteiger partial charge in [0.15, 0.2) is 0 Å². The van der Waals surface area contributed by atoms with Gasteiger partial charge in [-0.15, -0.1) is 0 Å². The van der Waals surface area contributed by atoms with Crippen molar-refractivity contribution in [2.75, 3.05) is 158 Å². The summed E-state index contributed by atoms with van der Waals surface area (Å²) in [6, 6.07) is -1.12. The molecule has 0 bridgehead atoms. The molecule has 0 aliphatic heterocycles. The lowest BCUT2D eigenvalue weighted by atomic mass is 9.98. The van der Waals surface area contributed by atoms with Crippen molar-refractivity contribution in [1.82, 2.24) is 58.5 Å². The molecule has 0 saturated carbocycles. The molecule has 0 aromatic heterocycles. The Kier molecular flexibility index (Phi) is 49.6. The van der Waals surface area contributed by atoms with Crippen molar-refractivity contribution in [3.8, 4) is 0 Å². The zero-order chi connectivity index (χ0) is 67.3. The number of carbonyl (C=O) groups is 9. The van der Waals surface area contributed by atoms with Crippen LogP contribution in [-0.2, 0) is 81.0 Å². The van der Waals surface area contributed by atoms with Crippen LogP contribution in [-0.4, -0.2) is 263 Å². The van der Waals surface area contributed by atoms with Gasteiger partial charge in [0.25, 0.3) is 0 Å². The largest absolute Gasteiger partial charge is 0.411 e. The molecular weight excluding hydrogens is 1190 g/mol. The number of primary amides is 1. The third-order valence-corrected chi connectivity index (χ3v) is 13.0. The number of nitrogens with zero attached hydrogens (tertiary/aromatic N) is 2. The van der Waals surface area contributed by atoms with Gasteiger partial charge < -0.3 is 113 Å². The summed E-state index contributed by atoms with van der Waals surface area (Å²) in [5, 5.41) is 56.2. The monoisotopic (exact) mass is 1290 g/mol. The van der Waals surface area contributed by atoms with Crippen molar-refractivity contribution < 1.29 is 91.5 Å². The lowest BCUT2D eigenvalue weighted by Crippen LogP contribution is -2.57. The second kappa shape index (κ2) is 53.4. The SMILES string of the molecule is C/C(=N\O)C(C)(C)NCC(CNC(C)(C)/C(C)=N/O)NC(=O)CCCC(=O)NCCCC[C@H](NCNC(=O)COCCOCCNC(=O)COCCOCCNC(=O)CCCC(=O)NCCOCCOCC(=O)NCCOCCOCC(=O)NC(C)N)C(N)=O. The molecule has 0 fully saturated rings. The fourth-order valence-corrected chi connectivity index (χ4v) is 7.18. The maximum absolute atomic E-state index is 12.9. The molecule has 34 heteroatoms. The highest BCUT2D eigenvalue weighted by Crippen LogP contribution is 2.09. The van der Waals surface area contributed by atoms with Crippen molar-refractivity contribution in [2.24, 2.45) is 21.8 Å². The standard InChI is InChI=1S/C56H107N15O19/c1-41(70-81)55(4,5)66-34-44(35-67-56(6,7)42(2)71-82)69-49(75)16-11-15-46(72)59-17-9-8-12-45(54(58)80)64-40-65-52(78)38-89-32-28-85-24-20-62-50(76)36-87-30-26-83-22-18-60-47(73)13-10-14-48(74)61-19-23-84-27-31-88-37-51(77)63-21-25-86-29-33-90-39-53(79)68-43(3)57/h43-45,64,66-67,81-82H,8-40,57H2,1-7H3,(H2,58,80)(H,59,72)(H,60,73)(H,61,74)(H,62,76)(H,63,77)(H,65,78)(H,68,79)(H,69,75)/b70-41+,71-42+/t43?,45-/m0/s1. The van der Waals surface area contributed by atoms with Crippen molar-refractivity contribution >= 4 is 64.6 Å². The minimum Gasteiger partial charge on any atom is -0.411 e. The summed E-state index contributed by atoms with van der Waals surface area (Å²) >= 11 is 0. The number of nitrogens with one attached hydrogen (secondary N) is 11. The predicted octanol–water partition coefficient (Wildman–Crippen LogP) is -3.93. The van der Waals surface area contributed by atoms with Crippen LogP contribution in [0.15, 0.2) is 10.3 Å². The van der Waals surface area contributed by atoms with Gasteiger partial charge in [-0.3, -0.25) is 48.5 Å². The Labute approximate surface area is 528 Å². The topological polar surface area (TPSA) is 477 Å². The number of nitrogens with two attached hydrogens (primary N) is 2. The molecule has 0 saturated heterocycles. The summed E-state index contributed by atoms with van der Waals surface area (Å²) in [4.78, 5) is 109. The third kappa shape index (κ3) is 49.5. The Morgan fingerprint density at radius 3 is 1.16 bits per heavy atom. The van der Waals surface area contributed by atoms with E-state index in [2.05, 4.69) is 68.8 Å². The van der Waals surface area contributed by atoms with Gasteiger partial charge >= 0.3 is 0 Å². The smallest absolute Gasteiger partial charge is 0.247 e. The molecule has 0 heterocycles. The van der Waals surface area contributed by atoms with E-state index < -0.39 is 41.1 Å². The highest BCUT2D eigenvalue weighted by molar-refractivity contribution is 5.90. The fourth-order valence-electron chi connectivity index (χ4n) is 7.18. The third-order valence-electron chi connectivity index (χ3n) is 13.0. The van der Waals surface area contributed by atoms with Gasteiger partial charge in [0, 0.05) is 71.5 Å². The first kappa shape index (κ1) is 83.7. The molecule has 90 heavy (non-hydrogen) atoms. The normalized spacial score (nSPS) is 12.9. The molecule has 0 aliphatic carbocycles. The number of rotatable bonds is 59. The molecule has 9 amide bonds. The first-order chi connectivity index (χ1) is 42.9. The van der Waals surface area contributed by atoms with Gasteiger partial charge in [-0.25, -0.2) is 0 Å². The van der Waals surface area contributed by atoms with E-state index in [0.717, 1.165) is 0 Å². The molecule has 0 aliphatic rings. The number of hydrogen-bond donors (Lipinski definition) is 15. The summed E-state index contributed by atoms with van der Waals surface area (Å²) in [7, 11) is 0. The van der Waals surface area contributed by atoms with Crippen LogP contribution in [0.1, 0.15) is 106 Å². The average molecular weight is 1290 g/mol. The highest BCUT2D eigenvalue weighted by Gasteiger charge is 2.27. The Morgan fingerprint density at radius 1 is 0.433 bits per heavy atom. The summed E-state index contributed by atoms with van der Waals surface area (Å²) in [5.74, 6) is -2.92. The molecule has 0 rings (SSSR count). The maximum atomic E-state index is 12.9. The summed E-state index contributed by atoms with van der Waals surface area (Å²) in [6.45, 7) is 16.2. The van der Waals surface area contributed by atoms with E-state index in [-0.39, 0.29) is 206 Å². The van der Waals surface area contributed by atoms with E-state index in [9.17, 15) is 53.6 Å². The number of ether oxygens (including phenoxy) is 8. The van der Waals surface area contributed by atoms with Crippen molar-refractivity contribution in [3.63, 3.8) is 0 Å². The number of unbranched alkanes of at least 4 members (excludes halogenated alkanes) is 1. The fraction of sp³-hybridized carbons (Fsp3) is 0.804. The Hall–Kier alpha value is -6.31. The van der Waals surface area contributed by atoms with Crippen LogP contribution in [0.25, 0.3) is 0 Å². The van der Waals surface area contributed by atoms with Gasteiger partial charge in [-0.1, -0.05) is 10.3 Å². The molecule has 0 aromatic carbocycles. The number of amides is 9. The molecule has 2 atom stereocenters. The number of oxime groups is 2. The molecule has 520 valence electrons. The minimum atomic E-state index is -0.724. The van der Waals surface area contributed by atoms with Crippen LogP contribution < -0.4 is 70.0 Å². The Balaban J connectivity index is 3.87. The maximum Gasteiger partial charge on any atom is 0.247 e. The summed E-state index contributed by atoms with van der Waals surface area (Å²) < 4.78 is 42.6. The molecule has 0 radical (unpaired) electrons. The molecule has 0 aromatic rings. The van der Waals surface area contributed by atoms with E-state index in [1.807, 2.05) is 27.7 Å². The lowest BCUT2D eigenvalue weighted by Gasteiger charge is -2.32. The first-order valence-electron chi connectivity index (χ1n) is 30.4. The van der Waals surface area contributed by atoms with Gasteiger partial charge in [0.2, 0.25) is 53.2 Å². The first-order valence-corrected chi connectivity index (χ1v) is 30.4. The second-order valence-electron chi connectivity index (χ2n) is 21.6. The van der Waals surface area contributed by atoms with Crippen molar-refractivity contribution in [1.29, 1.82) is 0 Å². The number of hydrogen-bond acceptors (Lipinski definition) is 25.